The summed E-state index contributed by atoms with van der Waals surface area (Å²) in [6.07, 6.45) is 1.46. The Kier molecular flexibility index (Phi) is 5.56. The van der Waals surface area contributed by atoms with Gasteiger partial charge in [0, 0.05) is 0 Å². The Balaban J connectivity index is 2.05. The van der Waals surface area contributed by atoms with E-state index < -0.39 is 5.97 Å². The van der Waals surface area contributed by atoms with Crippen molar-refractivity contribution >= 4 is 41.3 Å². The van der Waals surface area contributed by atoms with E-state index in [1.807, 2.05) is 0 Å². The molecular weight excluding hydrogens is 339 g/mol. The zero-order valence-corrected chi connectivity index (χ0v) is 13.3. The van der Waals surface area contributed by atoms with E-state index in [1.54, 1.807) is 24.3 Å². The number of ether oxygens (including phenoxy) is 1. The number of nitrogens with two attached hydrogens (primary N) is 2. The minimum atomic E-state index is -0.537. The highest BCUT2D eigenvalue weighted by atomic mass is 35.5. The number of carbonyl (C=O) groups excluding carboxylic acids is 1. The minimum Gasteiger partial charge on any atom is -0.423 e. The molecule has 0 aromatic heterocycles. The number of hydrogen-bond acceptors (Lipinski definition) is 4. The Morgan fingerprint density at radius 1 is 1.04 bits per heavy atom. The Labute approximate surface area is 142 Å². The van der Waals surface area contributed by atoms with Crippen LogP contribution in [-0.4, -0.2) is 18.1 Å². The molecule has 0 saturated heterocycles. The third-order valence-corrected chi connectivity index (χ3v) is 3.36. The largest absolute Gasteiger partial charge is 0.423 e. The van der Waals surface area contributed by atoms with Crippen molar-refractivity contribution in [2.75, 3.05) is 0 Å². The molecule has 0 radical (unpaired) electrons. The summed E-state index contributed by atoms with van der Waals surface area (Å²) >= 11 is 11.7. The first-order chi connectivity index (χ1) is 11.0. The van der Waals surface area contributed by atoms with Crippen molar-refractivity contribution in [3.05, 3.63) is 63.6 Å². The maximum absolute atomic E-state index is 12.0. The van der Waals surface area contributed by atoms with Crippen LogP contribution in [0.1, 0.15) is 15.9 Å². The van der Waals surface area contributed by atoms with Crippen LogP contribution in [0.2, 0.25) is 10.0 Å². The van der Waals surface area contributed by atoms with Crippen molar-refractivity contribution < 1.29 is 9.53 Å². The molecular formula is C15H12Cl2N4O2. The molecule has 8 heteroatoms. The van der Waals surface area contributed by atoms with Gasteiger partial charge in [-0.2, -0.15) is 5.10 Å². The van der Waals surface area contributed by atoms with Gasteiger partial charge in [-0.25, -0.2) is 4.79 Å². The van der Waals surface area contributed by atoms with Gasteiger partial charge >= 0.3 is 5.97 Å². The Bertz CT molecular complexity index is 770. The highest BCUT2D eigenvalue weighted by Crippen LogP contribution is 2.23. The Morgan fingerprint density at radius 2 is 1.74 bits per heavy atom. The summed E-state index contributed by atoms with van der Waals surface area (Å²) in [5.41, 5.74) is 11.3. The lowest BCUT2D eigenvalue weighted by molar-refractivity contribution is 0.0735. The van der Waals surface area contributed by atoms with Crippen LogP contribution in [-0.2, 0) is 0 Å². The molecule has 0 heterocycles. The van der Waals surface area contributed by atoms with E-state index in [0.29, 0.717) is 16.3 Å². The molecule has 0 unspecified atom stereocenters. The van der Waals surface area contributed by atoms with Gasteiger partial charge in [-0.05, 0) is 48.0 Å². The Morgan fingerprint density at radius 3 is 2.35 bits per heavy atom. The molecule has 0 aliphatic carbocycles. The lowest BCUT2D eigenvalue weighted by atomic mass is 10.2. The number of rotatable bonds is 4. The third-order valence-electron chi connectivity index (χ3n) is 2.63. The van der Waals surface area contributed by atoms with Crippen molar-refractivity contribution in [2.45, 2.75) is 0 Å². The molecule has 6 nitrogen and oxygen atoms in total. The fraction of sp³-hybridized carbons (Fsp3) is 0. The zero-order chi connectivity index (χ0) is 16.8. The van der Waals surface area contributed by atoms with Crippen LogP contribution in [0.4, 0.5) is 0 Å². The molecule has 0 bridgehead atoms. The predicted octanol–water partition coefficient (Wildman–Crippen LogP) is 2.82. The van der Waals surface area contributed by atoms with Crippen LogP contribution in [0.3, 0.4) is 0 Å². The lowest BCUT2D eigenvalue weighted by Gasteiger charge is -2.05. The van der Waals surface area contributed by atoms with Gasteiger partial charge in [0.2, 0.25) is 5.96 Å². The van der Waals surface area contributed by atoms with E-state index in [2.05, 4.69) is 10.2 Å². The van der Waals surface area contributed by atoms with Crippen molar-refractivity contribution in [2.24, 2.45) is 21.7 Å². The number of hydrogen-bond donors (Lipinski definition) is 2. The molecule has 2 aromatic carbocycles. The minimum absolute atomic E-state index is 0.131. The number of guanidine groups is 1. The molecule has 0 spiro atoms. The van der Waals surface area contributed by atoms with E-state index in [4.69, 9.17) is 39.4 Å². The first kappa shape index (κ1) is 16.8. The molecule has 0 aliphatic heterocycles. The fourth-order valence-electron chi connectivity index (χ4n) is 1.57. The van der Waals surface area contributed by atoms with Crippen molar-refractivity contribution in [3.63, 3.8) is 0 Å². The van der Waals surface area contributed by atoms with Gasteiger partial charge in [0.25, 0.3) is 0 Å². The van der Waals surface area contributed by atoms with Crippen molar-refractivity contribution in [3.8, 4) is 5.75 Å². The summed E-state index contributed by atoms with van der Waals surface area (Å²) in [5.74, 6) is -0.293. The van der Waals surface area contributed by atoms with Gasteiger partial charge < -0.3 is 16.2 Å². The second-order valence-electron chi connectivity index (χ2n) is 4.36. The predicted molar refractivity (Wildman–Crippen MR) is 91.3 cm³/mol. The molecule has 4 N–H and O–H groups in total. The van der Waals surface area contributed by atoms with Crippen molar-refractivity contribution in [1.82, 2.24) is 0 Å². The van der Waals surface area contributed by atoms with Crippen LogP contribution in [0.5, 0.6) is 5.75 Å². The number of nitrogens with zero attached hydrogens (tertiary/aromatic N) is 2. The van der Waals surface area contributed by atoms with Gasteiger partial charge in [0.1, 0.15) is 5.75 Å². The first-order valence-electron chi connectivity index (χ1n) is 6.35. The van der Waals surface area contributed by atoms with Gasteiger partial charge in [0.15, 0.2) is 0 Å². The van der Waals surface area contributed by atoms with E-state index in [9.17, 15) is 4.79 Å². The summed E-state index contributed by atoms with van der Waals surface area (Å²) in [5, 5.41) is 7.81. The fourth-order valence-corrected chi connectivity index (χ4v) is 1.87. The second-order valence-corrected chi connectivity index (χ2v) is 5.17. The lowest BCUT2D eigenvalue weighted by Crippen LogP contribution is -2.21. The summed E-state index contributed by atoms with van der Waals surface area (Å²) in [6.45, 7) is 0. The molecule has 23 heavy (non-hydrogen) atoms. The summed E-state index contributed by atoms with van der Waals surface area (Å²) in [4.78, 5) is 12.0. The summed E-state index contributed by atoms with van der Waals surface area (Å²) < 4.78 is 5.24. The van der Waals surface area contributed by atoms with Crippen molar-refractivity contribution in [1.29, 1.82) is 0 Å². The van der Waals surface area contributed by atoms with Crippen LogP contribution >= 0.6 is 23.2 Å². The average Bonchev–Trinajstić information content (AvgIpc) is 2.51. The van der Waals surface area contributed by atoms with Crippen LogP contribution in [0.25, 0.3) is 0 Å². The van der Waals surface area contributed by atoms with E-state index in [1.165, 1.54) is 24.4 Å². The molecule has 118 valence electrons. The topological polar surface area (TPSA) is 103 Å². The first-order valence-corrected chi connectivity index (χ1v) is 7.10. The quantitative estimate of drug-likeness (QED) is 0.291. The van der Waals surface area contributed by atoms with E-state index >= 15 is 0 Å². The van der Waals surface area contributed by atoms with E-state index in [0.717, 1.165) is 5.56 Å². The molecule has 0 amide bonds. The van der Waals surface area contributed by atoms with Crippen LogP contribution < -0.4 is 16.2 Å². The molecule has 2 aromatic rings. The second kappa shape index (κ2) is 7.62. The SMILES string of the molecule is NC(N)=N/N=C\c1ccc(OC(=O)c2ccc(Cl)c(Cl)c2)cc1. The standard InChI is InChI=1S/C15H12Cl2N4O2/c16-12-6-3-10(7-13(12)17)14(22)23-11-4-1-9(2-5-11)8-20-21-15(18)19/h1-8H,(H4,18,19,21)/b20-8-. The summed E-state index contributed by atoms with van der Waals surface area (Å²) in [7, 11) is 0. The molecule has 2 rings (SSSR count). The monoisotopic (exact) mass is 350 g/mol. The normalized spacial score (nSPS) is 10.5. The zero-order valence-electron chi connectivity index (χ0n) is 11.7. The van der Waals surface area contributed by atoms with E-state index in [-0.39, 0.29) is 11.0 Å². The van der Waals surface area contributed by atoms with Gasteiger partial charge in [-0.15, -0.1) is 5.10 Å². The van der Waals surface area contributed by atoms with Crippen LogP contribution in [0, 0.1) is 0 Å². The average molecular weight is 351 g/mol. The highest BCUT2D eigenvalue weighted by Gasteiger charge is 2.10. The maximum atomic E-state index is 12.0. The number of esters is 1. The molecule has 0 saturated carbocycles. The molecule has 0 atom stereocenters. The Hall–Kier alpha value is -2.57. The maximum Gasteiger partial charge on any atom is 0.343 e. The van der Waals surface area contributed by atoms with Gasteiger partial charge in [0.05, 0.1) is 21.8 Å². The third kappa shape index (κ3) is 4.98. The van der Waals surface area contributed by atoms with Crippen LogP contribution in [0.15, 0.2) is 52.7 Å². The smallest absolute Gasteiger partial charge is 0.343 e. The number of halogens is 2. The summed E-state index contributed by atoms with van der Waals surface area (Å²) in [6, 6.07) is 11.1. The van der Waals surface area contributed by atoms with Gasteiger partial charge in [-0.3, -0.25) is 0 Å². The van der Waals surface area contributed by atoms with Gasteiger partial charge in [-0.1, -0.05) is 23.2 Å². The molecule has 0 fully saturated rings. The molecule has 0 aliphatic rings. The highest BCUT2D eigenvalue weighted by molar-refractivity contribution is 6.42. The number of benzene rings is 2. The number of carbonyl (C=O) groups is 1.